The fourth-order valence-electron chi connectivity index (χ4n) is 10.7. The number of ether oxygens (including phenoxy) is 4. The van der Waals surface area contributed by atoms with Crippen molar-refractivity contribution in [1.29, 1.82) is 5.26 Å². The molecule has 4 aliphatic heterocycles. The third-order valence-electron chi connectivity index (χ3n) is 14.1. The van der Waals surface area contributed by atoms with Gasteiger partial charge in [0, 0.05) is 97.7 Å². The number of likely N-dealkylation sites (tertiary alicyclic amines) is 1. The lowest BCUT2D eigenvalue weighted by Gasteiger charge is -2.63. The number of likely N-dealkylation sites (N-methyl/N-ethyl adjacent to an activating group) is 1. The number of amides is 2. The first-order valence-corrected chi connectivity index (χ1v) is 25.4. The van der Waals surface area contributed by atoms with Crippen molar-refractivity contribution in [2.45, 2.75) is 84.5 Å². The number of hydrogen-bond donors (Lipinski definition) is 5. The number of carbonyl (C=O) groups is 2. The molecule has 1 saturated carbocycles. The first kappa shape index (κ1) is 49.4. The van der Waals surface area contributed by atoms with Crippen molar-refractivity contribution in [2.75, 3.05) is 63.5 Å². The van der Waals surface area contributed by atoms with Crippen LogP contribution in [0.25, 0.3) is 5.57 Å². The summed E-state index contributed by atoms with van der Waals surface area (Å²) in [5, 5.41) is 23.2. The topological polar surface area (TPSA) is 196 Å². The van der Waals surface area contributed by atoms with Crippen molar-refractivity contribution >= 4 is 44.7 Å². The highest BCUT2D eigenvalue weighted by Gasteiger charge is 2.64. The minimum Gasteiger partial charge on any atom is -0.491 e. The van der Waals surface area contributed by atoms with Crippen molar-refractivity contribution in [3.63, 3.8) is 0 Å². The molecule has 3 aromatic rings. The van der Waals surface area contributed by atoms with Crippen LogP contribution in [0.2, 0.25) is 5.02 Å². The molecule has 5 N–H and O–H groups in total. The van der Waals surface area contributed by atoms with Crippen molar-refractivity contribution in [1.82, 2.24) is 31.1 Å². The number of anilines is 1. The van der Waals surface area contributed by atoms with Gasteiger partial charge in [-0.3, -0.25) is 29.8 Å². The largest absolute Gasteiger partial charge is 0.491 e. The van der Waals surface area contributed by atoms with Crippen LogP contribution in [0, 0.1) is 39.8 Å². The lowest BCUT2D eigenvalue weighted by molar-refractivity contribution is -0.174. The van der Waals surface area contributed by atoms with Gasteiger partial charge >= 0.3 is 0 Å². The summed E-state index contributed by atoms with van der Waals surface area (Å²) in [4.78, 5) is 30.4. The summed E-state index contributed by atoms with van der Waals surface area (Å²) in [7, 11) is -1.90. The van der Waals surface area contributed by atoms with Gasteiger partial charge in [-0.25, -0.2) is 12.8 Å². The quantitative estimate of drug-likeness (QED) is 0.111. The highest BCUT2D eigenvalue weighted by Crippen LogP contribution is 2.55. The van der Waals surface area contributed by atoms with Crippen LogP contribution < -0.4 is 40.2 Å². The van der Waals surface area contributed by atoms with Crippen LogP contribution in [-0.2, 0) is 24.3 Å². The maximum absolute atomic E-state index is 15.0. The summed E-state index contributed by atoms with van der Waals surface area (Å²) in [6.07, 6.45) is 3.86. The van der Waals surface area contributed by atoms with Gasteiger partial charge in [0.15, 0.2) is 0 Å². The lowest BCUT2D eigenvalue weighted by Crippen LogP contribution is -2.75. The number of halogens is 2. The van der Waals surface area contributed by atoms with E-state index in [9.17, 15) is 23.3 Å². The molecule has 1 aliphatic carbocycles. The number of hydrogen-bond acceptors (Lipinski definition) is 13. The Bertz CT molecular complexity index is 2540. The van der Waals surface area contributed by atoms with Crippen LogP contribution >= 0.6 is 11.6 Å². The third-order valence-corrected chi connectivity index (χ3v) is 15.7. The van der Waals surface area contributed by atoms with E-state index in [2.05, 4.69) is 64.7 Å². The predicted octanol–water partition coefficient (Wildman–Crippen LogP) is 5.65. The summed E-state index contributed by atoms with van der Waals surface area (Å²) < 4.78 is 67.4. The van der Waals surface area contributed by atoms with E-state index < -0.39 is 21.9 Å². The number of sulfonamides is 1. The van der Waals surface area contributed by atoms with E-state index >= 15 is 4.39 Å². The van der Waals surface area contributed by atoms with Gasteiger partial charge in [-0.15, -0.1) is 0 Å². The lowest BCUT2D eigenvalue weighted by atomic mass is 9.49. The van der Waals surface area contributed by atoms with Crippen molar-refractivity contribution < 1.29 is 41.3 Å². The Morgan fingerprint density at radius 2 is 1.68 bits per heavy atom. The fraction of sp³-hybridized carbons (Fsp3) is 0.531. The van der Waals surface area contributed by atoms with E-state index in [4.69, 9.17) is 30.5 Å². The maximum Gasteiger partial charge on any atom is 0.244 e. The Morgan fingerprint density at radius 1 is 0.956 bits per heavy atom. The molecule has 5 aliphatic rings. The predicted molar refractivity (Wildman–Crippen MR) is 256 cm³/mol. The van der Waals surface area contributed by atoms with E-state index in [1.54, 1.807) is 62.6 Å². The van der Waals surface area contributed by atoms with Gasteiger partial charge in [0.25, 0.3) is 0 Å². The Labute approximate surface area is 403 Å². The molecule has 0 aromatic heterocycles. The van der Waals surface area contributed by atoms with Gasteiger partial charge in [0.1, 0.15) is 53.9 Å². The summed E-state index contributed by atoms with van der Waals surface area (Å²) in [6, 6.07) is 15.7. The summed E-state index contributed by atoms with van der Waals surface area (Å²) in [5.74, 6) is 0.279. The molecule has 4 fully saturated rings. The van der Waals surface area contributed by atoms with Gasteiger partial charge in [-0.1, -0.05) is 39.3 Å². The van der Waals surface area contributed by atoms with Gasteiger partial charge in [0.2, 0.25) is 21.8 Å². The fourth-order valence-corrected chi connectivity index (χ4v) is 11.6. The standard InChI is InChI=1S/C49H62ClFN8O8S/c1-7-68(62,63)57-32-9-11-41(38(22-32)39-28-58(6)44(61)42-37(39)12-15-53-42)66-36-21-31(51)20-35(23-36)65-19-18-64-33-13-16-59(17-14-33)47-54-26-30(27-55-47)43(60)56-45-48(2,3)46(49(45,4)5)67-34-10-8-29(25-52)40(50)24-34/h8-11,20-24,28,30,33,37,42,45-47,53-55,57H,7,12-19,26-27H2,1-6H3,(H,56,60). The Kier molecular flexibility index (Phi) is 14.6. The molecule has 0 spiro atoms. The van der Waals surface area contributed by atoms with E-state index in [0.29, 0.717) is 66.0 Å². The van der Waals surface area contributed by atoms with Crippen molar-refractivity contribution in [2.24, 2.45) is 22.7 Å². The van der Waals surface area contributed by atoms with Gasteiger partial charge < -0.3 is 34.5 Å². The molecular weight excluding hydrogens is 915 g/mol. The highest BCUT2D eigenvalue weighted by molar-refractivity contribution is 7.92. The zero-order valence-corrected chi connectivity index (χ0v) is 40.9. The van der Waals surface area contributed by atoms with Crippen LogP contribution in [0.5, 0.6) is 23.0 Å². The SMILES string of the molecule is CCS(=O)(=O)Nc1ccc(Oc2cc(F)cc(OCCOC3CCN(C4NCC(C(=O)NC5C(C)(C)C(Oc6ccc(C#N)c(Cl)c6)C5(C)C)CN4)CC3)c2)c(C2=CN(C)C(=O)C3NCCC23)c1. The number of nitrogens with zero attached hydrogens (tertiary/aromatic N) is 3. The number of carbonyl (C=O) groups excluding carboxylic acids is 2. The molecule has 8 rings (SSSR count). The van der Waals surface area contributed by atoms with Gasteiger partial charge in [-0.05, 0) is 68.6 Å². The minimum absolute atomic E-state index is 0.00784. The van der Waals surface area contributed by atoms with E-state index in [1.807, 2.05) is 0 Å². The summed E-state index contributed by atoms with van der Waals surface area (Å²) >= 11 is 6.26. The maximum atomic E-state index is 15.0. The molecule has 2 unspecified atom stereocenters. The zero-order valence-electron chi connectivity index (χ0n) is 39.4. The second-order valence-corrected chi connectivity index (χ2v) is 21.9. The average molecular weight is 978 g/mol. The molecule has 2 atom stereocenters. The molecule has 3 aromatic carbocycles. The van der Waals surface area contributed by atoms with Crippen molar-refractivity contribution in [3.8, 4) is 29.1 Å². The Balaban J connectivity index is 0.788. The number of benzene rings is 3. The zero-order chi connectivity index (χ0) is 48.5. The second-order valence-electron chi connectivity index (χ2n) is 19.5. The smallest absolute Gasteiger partial charge is 0.244 e. The monoisotopic (exact) mass is 976 g/mol. The van der Waals surface area contributed by atoms with E-state index in [0.717, 1.165) is 31.5 Å². The first-order chi connectivity index (χ1) is 32.4. The number of rotatable bonds is 16. The molecule has 16 nitrogen and oxygen atoms in total. The molecule has 366 valence electrons. The number of fused-ring (bicyclic) bond motifs is 1. The number of nitriles is 1. The van der Waals surface area contributed by atoms with E-state index in [-0.39, 0.29) is 82.9 Å². The first-order valence-electron chi connectivity index (χ1n) is 23.3. The second kappa shape index (κ2) is 20.2. The number of nitrogens with one attached hydrogen (secondary N) is 5. The summed E-state index contributed by atoms with van der Waals surface area (Å²) in [6.45, 7) is 13.7. The molecule has 19 heteroatoms. The normalized spacial score (nSPS) is 25.9. The molecule has 2 amide bonds. The highest BCUT2D eigenvalue weighted by atomic mass is 35.5. The van der Waals surface area contributed by atoms with Gasteiger partial charge in [0.05, 0.1) is 41.0 Å². The molecular formula is C49H62ClFN8O8S. The Morgan fingerprint density at radius 3 is 2.37 bits per heavy atom. The molecule has 68 heavy (non-hydrogen) atoms. The summed E-state index contributed by atoms with van der Waals surface area (Å²) in [5.41, 5.74) is 1.41. The molecule has 4 heterocycles. The molecule has 0 bridgehead atoms. The van der Waals surface area contributed by atoms with Crippen LogP contribution in [-0.4, -0.2) is 119 Å². The molecule has 3 saturated heterocycles. The Hall–Kier alpha value is -5.00. The van der Waals surface area contributed by atoms with Crippen LogP contribution in [0.3, 0.4) is 0 Å². The molecule has 0 radical (unpaired) electrons. The van der Waals surface area contributed by atoms with Gasteiger partial charge in [-0.2, -0.15) is 5.26 Å². The van der Waals surface area contributed by atoms with Crippen LogP contribution in [0.1, 0.15) is 65.0 Å². The number of piperidine rings is 1. The minimum atomic E-state index is -3.58. The third kappa shape index (κ3) is 10.6. The van der Waals surface area contributed by atoms with Crippen LogP contribution in [0.4, 0.5) is 10.1 Å². The average Bonchev–Trinajstić information content (AvgIpc) is 3.81. The van der Waals surface area contributed by atoms with E-state index in [1.165, 1.54) is 17.0 Å². The van der Waals surface area contributed by atoms with Crippen LogP contribution in [0.15, 0.2) is 60.8 Å². The van der Waals surface area contributed by atoms with Crippen molar-refractivity contribution in [3.05, 3.63) is 82.8 Å².